The summed E-state index contributed by atoms with van der Waals surface area (Å²) in [7, 11) is 2.27. The summed E-state index contributed by atoms with van der Waals surface area (Å²) < 4.78 is 11.3. The number of nitrogens with zero attached hydrogens (tertiary/aromatic N) is 1. The van der Waals surface area contributed by atoms with Gasteiger partial charge in [0.05, 0.1) is 6.10 Å². The highest BCUT2D eigenvalue weighted by atomic mass is 16.5. The SMILES string of the molecule is CCCNCC1(CN(C)C2CCOC2C)CCOCC1. The van der Waals surface area contributed by atoms with E-state index in [0.29, 0.717) is 17.6 Å². The van der Waals surface area contributed by atoms with Crippen molar-refractivity contribution in [3.63, 3.8) is 0 Å². The van der Waals surface area contributed by atoms with E-state index in [1.807, 2.05) is 0 Å². The highest BCUT2D eigenvalue weighted by Crippen LogP contribution is 2.32. The summed E-state index contributed by atoms with van der Waals surface area (Å²) in [5, 5.41) is 3.64. The average molecular weight is 284 g/mol. The molecule has 2 atom stereocenters. The smallest absolute Gasteiger partial charge is 0.0702 e. The molecule has 118 valence electrons. The van der Waals surface area contributed by atoms with Gasteiger partial charge in [-0.05, 0) is 51.6 Å². The highest BCUT2D eigenvalue weighted by molar-refractivity contribution is 4.90. The van der Waals surface area contributed by atoms with Crippen LogP contribution < -0.4 is 5.32 Å². The standard InChI is InChI=1S/C16H32N2O2/c1-4-8-17-12-16(6-10-19-11-7-16)13-18(3)15-5-9-20-14(15)2/h14-15,17H,4-13H2,1-3H3. The predicted octanol–water partition coefficient (Wildman–Crippen LogP) is 1.89. The van der Waals surface area contributed by atoms with Crippen molar-refractivity contribution in [2.75, 3.05) is 46.5 Å². The van der Waals surface area contributed by atoms with Crippen molar-refractivity contribution in [2.45, 2.75) is 51.7 Å². The highest BCUT2D eigenvalue weighted by Gasteiger charge is 2.37. The monoisotopic (exact) mass is 284 g/mol. The summed E-state index contributed by atoms with van der Waals surface area (Å²) in [6, 6.07) is 0.584. The Hall–Kier alpha value is -0.160. The van der Waals surface area contributed by atoms with E-state index in [1.54, 1.807) is 0 Å². The maximum atomic E-state index is 5.73. The number of ether oxygens (including phenoxy) is 2. The van der Waals surface area contributed by atoms with Gasteiger partial charge in [0.2, 0.25) is 0 Å². The van der Waals surface area contributed by atoms with E-state index in [2.05, 4.69) is 31.1 Å². The summed E-state index contributed by atoms with van der Waals surface area (Å²) in [4.78, 5) is 2.54. The molecule has 2 rings (SSSR count). The first-order chi connectivity index (χ1) is 9.67. The van der Waals surface area contributed by atoms with Crippen LogP contribution in [-0.2, 0) is 9.47 Å². The minimum Gasteiger partial charge on any atom is -0.381 e. The zero-order valence-corrected chi connectivity index (χ0v) is 13.5. The van der Waals surface area contributed by atoms with Gasteiger partial charge in [-0.1, -0.05) is 6.92 Å². The zero-order chi connectivity index (χ0) is 14.4. The fourth-order valence-corrected chi connectivity index (χ4v) is 3.67. The van der Waals surface area contributed by atoms with Crippen LogP contribution in [0.15, 0.2) is 0 Å². The van der Waals surface area contributed by atoms with Crippen molar-refractivity contribution in [3.8, 4) is 0 Å². The van der Waals surface area contributed by atoms with Crippen molar-refractivity contribution < 1.29 is 9.47 Å². The summed E-state index contributed by atoms with van der Waals surface area (Å²) in [5.41, 5.74) is 0.379. The minimum absolute atomic E-state index is 0.375. The van der Waals surface area contributed by atoms with Gasteiger partial charge in [-0.15, -0.1) is 0 Å². The van der Waals surface area contributed by atoms with Gasteiger partial charge >= 0.3 is 0 Å². The van der Waals surface area contributed by atoms with E-state index < -0.39 is 0 Å². The first-order valence-electron chi connectivity index (χ1n) is 8.27. The second kappa shape index (κ2) is 7.74. The molecule has 1 N–H and O–H groups in total. The van der Waals surface area contributed by atoms with Crippen molar-refractivity contribution in [2.24, 2.45) is 5.41 Å². The van der Waals surface area contributed by atoms with E-state index in [4.69, 9.17) is 9.47 Å². The molecule has 2 saturated heterocycles. The Kier molecular flexibility index (Phi) is 6.27. The molecule has 0 spiro atoms. The molecule has 0 aliphatic carbocycles. The van der Waals surface area contributed by atoms with Gasteiger partial charge in [0.1, 0.15) is 0 Å². The molecular formula is C16H32N2O2. The van der Waals surface area contributed by atoms with Crippen LogP contribution in [0.25, 0.3) is 0 Å². The van der Waals surface area contributed by atoms with Gasteiger partial charge in [-0.25, -0.2) is 0 Å². The van der Waals surface area contributed by atoms with E-state index in [9.17, 15) is 0 Å². The summed E-state index contributed by atoms with van der Waals surface area (Å²) in [6.07, 6.45) is 5.11. The van der Waals surface area contributed by atoms with Crippen molar-refractivity contribution >= 4 is 0 Å². The molecule has 0 saturated carbocycles. The normalized spacial score (nSPS) is 30.0. The molecule has 4 nitrogen and oxygen atoms in total. The number of hydrogen-bond acceptors (Lipinski definition) is 4. The van der Waals surface area contributed by atoms with Crippen LogP contribution in [0.2, 0.25) is 0 Å². The van der Waals surface area contributed by atoms with E-state index in [-0.39, 0.29) is 0 Å². The lowest BCUT2D eigenvalue weighted by molar-refractivity contribution is -0.0126. The largest absolute Gasteiger partial charge is 0.381 e. The first-order valence-corrected chi connectivity index (χ1v) is 8.27. The molecule has 2 aliphatic heterocycles. The van der Waals surface area contributed by atoms with Gasteiger partial charge in [0, 0.05) is 39.0 Å². The molecule has 0 amide bonds. The quantitative estimate of drug-likeness (QED) is 0.724. The summed E-state index contributed by atoms with van der Waals surface area (Å²) in [6.45, 7) is 10.6. The fourth-order valence-electron chi connectivity index (χ4n) is 3.67. The lowest BCUT2D eigenvalue weighted by Gasteiger charge is -2.42. The first kappa shape index (κ1) is 16.2. The van der Waals surface area contributed by atoms with Crippen LogP contribution in [0.1, 0.15) is 39.5 Å². The van der Waals surface area contributed by atoms with Crippen molar-refractivity contribution in [1.82, 2.24) is 10.2 Å². The molecular weight excluding hydrogens is 252 g/mol. The number of rotatable bonds is 7. The average Bonchev–Trinajstić information content (AvgIpc) is 2.86. The minimum atomic E-state index is 0.375. The zero-order valence-electron chi connectivity index (χ0n) is 13.5. The number of likely N-dealkylation sites (N-methyl/N-ethyl adjacent to an activating group) is 1. The Morgan fingerprint density at radius 3 is 2.60 bits per heavy atom. The van der Waals surface area contributed by atoms with Crippen LogP contribution in [-0.4, -0.2) is 63.5 Å². The molecule has 0 aromatic rings. The van der Waals surface area contributed by atoms with Crippen molar-refractivity contribution in [3.05, 3.63) is 0 Å². The van der Waals surface area contributed by atoms with Gasteiger partial charge in [-0.3, -0.25) is 0 Å². The second-order valence-corrected chi connectivity index (χ2v) is 6.64. The second-order valence-electron chi connectivity index (χ2n) is 6.64. The third-order valence-electron chi connectivity index (χ3n) is 4.97. The Morgan fingerprint density at radius 2 is 2.00 bits per heavy atom. The van der Waals surface area contributed by atoms with Gasteiger partial charge < -0.3 is 19.7 Å². The molecule has 0 bridgehead atoms. The Labute approximate surface area is 124 Å². The topological polar surface area (TPSA) is 33.7 Å². The number of hydrogen-bond donors (Lipinski definition) is 1. The van der Waals surface area contributed by atoms with Gasteiger partial charge in [-0.2, -0.15) is 0 Å². The van der Waals surface area contributed by atoms with Crippen molar-refractivity contribution in [1.29, 1.82) is 0 Å². The van der Waals surface area contributed by atoms with Gasteiger partial charge in [0.15, 0.2) is 0 Å². The molecule has 0 aromatic carbocycles. The summed E-state index contributed by atoms with van der Waals surface area (Å²) in [5.74, 6) is 0. The molecule has 2 heterocycles. The Balaban J connectivity index is 1.92. The molecule has 2 unspecified atom stereocenters. The maximum Gasteiger partial charge on any atom is 0.0702 e. The van der Waals surface area contributed by atoms with Gasteiger partial charge in [0.25, 0.3) is 0 Å². The Morgan fingerprint density at radius 1 is 1.25 bits per heavy atom. The van der Waals surface area contributed by atoms with E-state index in [1.165, 1.54) is 25.7 Å². The van der Waals surface area contributed by atoms with E-state index in [0.717, 1.165) is 39.5 Å². The molecule has 2 aliphatic rings. The van der Waals surface area contributed by atoms with E-state index >= 15 is 0 Å². The predicted molar refractivity (Wildman–Crippen MR) is 82.1 cm³/mol. The van der Waals surface area contributed by atoms with Crippen LogP contribution in [0, 0.1) is 5.41 Å². The summed E-state index contributed by atoms with van der Waals surface area (Å²) >= 11 is 0. The third kappa shape index (κ3) is 4.17. The van der Waals surface area contributed by atoms with Crippen LogP contribution >= 0.6 is 0 Å². The lowest BCUT2D eigenvalue weighted by atomic mass is 9.79. The number of nitrogens with one attached hydrogen (secondary N) is 1. The maximum absolute atomic E-state index is 5.73. The molecule has 4 heteroatoms. The molecule has 2 fully saturated rings. The molecule has 0 radical (unpaired) electrons. The molecule has 20 heavy (non-hydrogen) atoms. The fraction of sp³-hybridized carbons (Fsp3) is 1.00. The van der Waals surface area contributed by atoms with Crippen LogP contribution in [0.5, 0.6) is 0 Å². The lowest BCUT2D eigenvalue weighted by Crippen LogP contribution is -2.50. The van der Waals surface area contributed by atoms with Crippen LogP contribution in [0.4, 0.5) is 0 Å². The molecule has 0 aromatic heterocycles. The van der Waals surface area contributed by atoms with Crippen LogP contribution in [0.3, 0.4) is 0 Å². The third-order valence-corrected chi connectivity index (χ3v) is 4.97. The Bertz CT molecular complexity index is 280.